The molecule has 0 spiro atoms. The Balaban J connectivity index is 4.34. The predicted molar refractivity (Wildman–Crippen MR) is 42.3 cm³/mol. The maximum Gasteiger partial charge on any atom is 0.0341 e. The molecule has 52 valence electrons. The van der Waals surface area contributed by atoms with Crippen molar-refractivity contribution in [1.29, 1.82) is 0 Å². The van der Waals surface area contributed by atoms with Crippen LogP contribution in [0.5, 0.6) is 0 Å². The SMILES string of the molecule is C=CC(=C(C)C)N(C)C. The second kappa shape index (κ2) is 3.33. The first kappa shape index (κ1) is 8.28. The fraction of sp³-hybridized carbons (Fsp3) is 0.500. The summed E-state index contributed by atoms with van der Waals surface area (Å²) in [5.41, 5.74) is 2.50. The molecule has 0 unspecified atom stereocenters. The van der Waals surface area contributed by atoms with Crippen molar-refractivity contribution in [2.75, 3.05) is 14.1 Å². The van der Waals surface area contributed by atoms with Gasteiger partial charge in [-0.05, 0) is 19.9 Å². The molecule has 0 aliphatic rings. The van der Waals surface area contributed by atoms with E-state index in [0.29, 0.717) is 0 Å². The molecule has 0 amide bonds. The smallest absolute Gasteiger partial charge is 0.0341 e. The number of allylic oxidation sites excluding steroid dienone is 2. The van der Waals surface area contributed by atoms with Crippen molar-refractivity contribution >= 4 is 0 Å². The van der Waals surface area contributed by atoms with Gasteiger partial charge in [-0.15, -0.1) is 0 Å². The number of nitrogens with zero attached hydrogens (tertiary/aromatic N) is 1. The summed E-state index contributed by atoms with van der Waals surface area (Å²) in [6.07, 6.45) is 1.87. The second-order valence-electron chi connectivity index (χ2n) is 2.48. The Kier molecular flexibility index (Phi) is 3.07. The first-order valence-electron chi connectivity index (χ1n) is 3.06. The molecule has 0 radical (unpaired) electrons. The highest BCUT2D eigenvalue weighted by Crippen LogP contribution is 2.05. The van der Waals surface area contributed by atoms with E-state index in [4.69, 9.17) is 0 Å². The highest BCUT2D eigenvalue weighted by Gasteiger charge is 1.93. The Morgan fingerprint density at radius 1 is 1.33 bits per heavy atom. The van der Waals surface area contributed by atoms with Gasteiger partial charge in [0.1, 0.15) is 0 Å². The van der Waals surface area contributed by atoms with Crippen LogP contribution in [0.4, 0.5) is 0 Å². The summed E-state index contributed by atoms with van der Waals surface area (Å²) < 4.78 is 0. The monoisotopic (exact) mass is 125 g/mol. The van der Waals surface area contributed by atoms with Crippen LogP contribution in [-0.4, -0.2) is 19.0 Å². The third-order valence-electron chi connectivity index (χ3n) is 1.19. The molecule has 0 aromatic heterocycles. The van der Waals surface area contributed by atoms with Crippen LogP contribution in [0.2, 0.25) is 0 Å². The molecule has 0 fully saturated rings. The zero-order chi connectivity index (χ0) is 7.44. The molecule has 0 aliphatic heterocycles. The number of rotatable bonds is 2. The summed E-state index contributed by atoms with van der Waals surface area (Å²) >= 11 is 0. The lowest BCUT2D eigenvalue weighted by Crippen LogP contribution is -2.09. The van der Waals surface area contributed by atoms with Crippen molar-refractivity contribution in [2.45, 2.75) is 13.8 Å². The summed E-state index contributed by atoms with van der Waals surface area (Å²) in [7, 11) is 4.04. The fourth-order valence-corrected chi connectivity index (χ4v) is 0.834. The molecule has 0 aromatic carbocycles. The first-order chi connectivity index (χ1) is 4.09. The van der Waals surface area contributed by atoms with Gasteiger partial charge in [0.05, 0.1) is 0 Å². The van der Waals surface area contributed by atoms with Gasteiger partial charge < -0.3 is 4.90 Å². The normalized spacial score (nSPS) is 8.44. The minimum absolute atomic E-state index is 1.20. The van der Waals surface area contributed by atoms with E-state index < -0.39 is 0 Å². The lowest BCUT2D eigenvalue weighted by molar-refractivity contribution is 0.524. The molecule has 0 aromatic rings. The predicted octanol–water partition coefficient (Wildman–Crippen LogP) is 2.03. The lowest BCUT2D eigenvalue weighted by atomic mass is 10.2. The van der Waals surface area contributed by atoms with E-state index in [1.807, 2.05) is 20.2 Å². The molecule has 1 nitrogen and oxygen atoms in total. The van der Waals surface area contributed by atoms with Crippen LogP contribution in [-0.2, 0) is 0 Å². The maximum atomic E-state index is 3.70. The van der Waals surface area contributed by atoms with Gasteiger partial charge in [-0.3, -0.25) is 0 Å². The summed E-state index contributed by atoms with van der Waals surface area (Å²) in [4.78, 5) is 2.06. The van der Waals surface area contributed by atoms with Gasteiger partial charge in [-0.25, -0.2) is 0 Å². The molecule has 0 heterocycles. The van der Waals surface area contributed by atoms with Crippen LogP contribution in [0.1, 0.15) is 13.8 Å². The summed E-state index contributed by atoms with van der Waals surface area (Å²) in [5, 5.41) is 0. The molecular formula is C8H15N. The highest BCUT2D eigenvalue weighted by atomic mass is 15.1. The Morgan fingerprint density at radius 2 is 1.78 bits per heavy atom. The van der Waals surface area contributed by atoms with E-state index >= 15 is 0 Å². The molecule has 0 bridgehead atoms. The van der Waals surface area contributed by atoms with E-state index in [9.17, 15) is 0 Å². The molecule has 0 rings (SSSR count). The number of hydrogen-bond acceptors (Lipinski definition) is 1. The number of likely N-dealkylation sites (N-methyl/N-ethyl adjacent to an activating group) is 1. The van der Waals surface area contributed by atoms with Crippen LogP contribution in [0.25, 0.3) is 0 Å². The molecule has 0 N–H and O–H groups in total. The zero-order valence-electron chi connectivity index (χ0n) is 6.73. The zero-order valence-corrected chi connectivity index (χ0v) is 6.73. The van der Waals surface area contributed by atoms with Crippen molar-refractivity contribution in [1.82, 2.24) is 4.90 Å². The summed E-state index contributed by atoms with van der Waals surface area (Å²) in [5.74, 6) is 0. The standard InChI is InChI=1S/C8H15N/c1-6-8(7(2)3)9(4)5/h6H,1H2,2-5H3. The Labute approximate surface area is 57.7 Å². The van der Waals surface area contributed by atoms with Crippen molar-refractivity contribution in [3.63, 3.8) is 0 Å². The van der Waals surface area contributed by atoms with Gasteiger partial charge in [0.2, 0.25) is 0 Å². The third-order valence-corrected chi connectivity index (χ3v) is 1.19. The van der Waals surface area contributed by atoms with Gasteiger partial charge >= 0.3 is 0 Å². The molecule has 0 aliphatic carbocycles. The Morgan fingerprint density at radius 3 is 1.78 bits per heavy atom. The average Bonchev–Trinajstić information content (AvgIpc) is 1.64. The fourth-order valence-electron chi connectivity index (χ4n) is 0.834. The minimum atomic E-state index is 1.20. The maximum absolute atomic E-state index is 3.70. The molecule has 0 saturated carbocycles. The van der Waals surface area contributed by atoms with Crippen LogP contribution >= 0.6 is 0 Å². The van der Waals surface area contributed by atoms with Crippen LogP contribution in [0, 0.1) is 0 Å². The lowest BCUT2D eigenvalue weighted by Gasteiger charge is -2.14. The first-order valence-corrected chi connectivity index (χ1v) is 3.06. The van der Waals surface area contributed by atoms with Gasteiger partial charge in [0, 0.05) is 19.8 Å². The number of hydrogen-bond donors (Lipinski definition) is 0. The van der Waals surface area contributed by atoms with Crippen molar-refractivity contribution in [2.24, 2.45) is 0 Å². The van der Waals surface area contributed by atoms with Crippen molar-refractivity contribution < 1.29 is 0 Å². The van der Waals surface area contributed by atoms with Crippen LogP contribution < -0.4 is 0 Å². The molecule has 0 atom stereocenters. The largest absolute Gasteiger partial charge is 0.378 e. The van der Waals surface area contributed by atoms with Gasteiger partial charge in [-0.1, -0.05) is 12.2 Å². The molecule has 9 heavy (non-hydrogen) atoms. The van der Waals surface area contributed by atoms with Crippen LogP contribution in [0.15, 0.2) is 23.9 Å². The van der Waals surface area contributed by atoms with Gasteiger partial charge in [0.15, 0.2) is 0 Å². The quantitative estimate of drug-likeness (QED) is 0.510. The second-order valence-corrected chi connectivity index (χ2v) is 2.48. The molecular weight excluding hydrogens is 110 g/mol. The van der Waals surface area contributed by atoms with Crippen molar-refractivity contribution in [3.8, 4) is 0 Å². The van der Waals surface area contributed by atoms with Gasteiger partial charge in [0.25, 0.3) is 0 Å². The van der Waals surface area contributed by atoms with Crippen LogP contribution in [0.3, 0.4) is 0 Å². The summed E-state index contributed by atoms with van der Waals surface area (Å²) in [6, 6.07) is 0. The summed E-state index contributed by atoms with van der Waals surface area (Å²) in [6.45, 7) is 7.86. The van der Waals surface area contributed by atoms with E-state index in [-0.39, 0.29) is 0 Å². The highest BCUT2D eigenvalue weighted by molar-refractivity contribution is 5.19. The Bertz CT molecular complexity index is 128. The molecule has 1 heteroatoms. The minimum Gasteiger partial charge on any atom is -0.378 e. The van der Waals surface area contributed by atoms with E-state index in [1.54, 1.807) is 0 Å². The van der Waals surface area contributed by atoms with Gasteiger partial charge in [-0.2, -0.15) is 0 Å². The molecule has 0 saturated heterocycles. The van der Waals surface area contributed by atoms with E-state index in [2.05, 4.69) is 25.3 Å². The Hall–Kier alpha value is -0.720. The van der Waals surface area contributed by atoms with E-state index in [0.717, 1.165) is 0 Å². The van der Waals surface area contributed by atoms with E-state index in [1.165, 1.54) is 11.3 Å². The third kappa shape index (κ3) is 2.36. The average molecular weight is 125 g/mol. The van der Waals surface area contributed by atoms with Crippen molar-refractivity contribution in [3.05, 3.63) is 23.9 Å². The topological polar surface area (TPSA) is 3.24 Å².